The molecule has 0 radical (unpaired) electrons. The van der Waals surface area contributed by atoms with Crippen LogP contribution in [0.5, 0.6) is 0 Å². The lowest BCUT2D eigenvalue weighted by Crippen LogP contribution is -2.46. The first-order chi connectivity index (χ1) is 9.03. The Kier molecular flexibility index (Phi) is 4.97. The summed E-state index contributed by atoms with van der Waals surface area (Å²) in [5.41, 5.74) is 1.11. The molecule has 1 fully saturated rings. The zero-order chi connectivity index (χ0) is 13.9. The maximum absolute atomic E-state index is 12.2. The van der Waals surface area contributed by atoms with Crippen LogP contribution in [0, 0.1) is 12.8 Å². The van der Waals surface area contributed by atoms with Crippen LogP contribution in [0.3, 0.4) is 0 Å². The van der Waals surface area contributed by atoms with E-state index in [0.29, 0.717) is 19.6 Å². The van der Waals surface area contributed by atoms with E-state index in [1.807, 2.05) is 18.4 Å². The summed E-state index contributed by atoms with van der Waals surface area (Å²) in [4.78, 5) is 1.04. The molecule has 2 N–H and O–H groups in total. The molecule has 19 heavy (non-hydrogen) atoms. The number of piperidine rings is 1. The van der Waals surface area contributed by atoms with Crippen LogP contribution in [-0.4, -0.2) is 37.5 Å². The highest BCUT2D eigenvalue weighted by atomic mass is 32.2. The average molecular weight is 304 g/mol. The Hall–Kier alpha value is -0.470. The quantitative estimate of drug-likeness (QED) is 0.856. The van der Waals surface area contributed by atoms with Gasteiger partial charge in [0.15, 0.2) is 0 Å². The maximum Gasteiger partial charge on any atom is 0.279 e. The fraction of sp³-hybridized carbons (Fsp3) is 0.667. The van der Waals surface area contributed by atoms with Crippen LogP contribution in [-0.2, 0) is 16.8 Å². The van der Waals surface area contributed by atoms with Crippen molar-refractivity contribution >= 4 is 21.5 Å². The fourth-order valence-corrected chi connectivity index (χ4v) is 4.45. The van der Waals surface area contributed by atoms with E-state index in [-0.39, 0.29) is 12.5 Å². The first kappa shape index (κ1) is 14.9. The normalized spacial score (nSPS) is 21.7. The van der Waals surface area contributed by atoms with Crippen molar-refractivity contribution in [2.45, 2.75) is 26.3 Å². The predicted molar refractivity (Wildman–Crippen MR) is 76.2 cm³/mol. The number of aliphatic hydroxyl groups excluding tert-OH is 1. The highest BCUT2D eigenvalue weighted by molar-refractivity contribution is 7.87. The van der Waals surface area contributed by atoms with Gasteiger partial charge in [-0.2, -0.15) is 17.4 Å². The number of aryl methyl sites for hydroxylation is 1. The topological polar surface area (TPSA) is 69.6 Å². The van der Waals surface area contributed by atoms with E-state index in [1.54, 1.807) is 11.3 Å². The Labute approximate surface area is 118 Å². The van der Waals surface area contributed by atoms with Crippen molar-refractivity contribution < 1.29 is 13.5 Å². The maximum atomic E-state index is 12.2. The van der Waals surface area contributed by atoms with Gasteiger partial charge in [-0.05, 0) is 42.7 Å². The van der Waals surface area contributed by atoms with Crippen molar-refractivity contribution in [3.63, 3.8) is 0 Å². The van der Waals surface area contributed by atoms with E-state index < -0.39 is 10.2 Å². The zero-order valence-electron chi connectivity index (χ0n) is 11.0. The molecule has 1 aliphatic rings. The van der Waals surface area contributed by atoms with Gasteiger partial charge in [-0.15, -0.1) is 11.3 Å². The number of nitrogens with one attached hydrogen (secondary N) is 1. The number of thiophene rings is 1. The molecular formula is C12H20N2O3S2. The van der Waals surface area contributed by atoms with Gasteiger partial charge in [0.2, 0.25) is 0 Å². The van der Waals surface area contributed by atoms with Crippen molar-refractivity contribution in [3.8, 4) is 0 Å². The van der Waals surface area contributed by atoms with Crippen LogP contribution in [0.15, 0.2) is 11.4 Å². The summed E-state index contributed by atoms with van der Waals surface area (Å²) < 4.78 is 28.5. The minimum absolute atomic E-state index is 0.0516. The smallest absolute Gasteiger partial charge is 0.279 e. The molecule has 108 valence electrons. The molecule has 1 aliphatic heterocycles. The summed E-state index contributed by atoms with van der Waals surface area (Å²) in [7, 11) is -3.44. The molecule has 2 heterocycles. The third-order valence-electron chi connectivity index (χ3n) is 3.46. The number of aliphatic hydroxyl groups is 1. The van der Waals surface area contributed by atoms with E-state index in [4.69, 9.17) is 5.11 Å². The van der Waals surface area contributed by atoms with Crippen molar-refractivity contribution in [1.29, 1.82) is 0 Å². The molecule has 1 aromatic heterocycles. The molecule has 1 aromatic rings. The van der Waals surface area contributed by atoms with E-state index in [1.165, 1.54) is 4.31 Å². The van der Waals surface area contributed by atoms with Crippen LogP contribution < -0.4 is 4.72 Å². The lowest BCUT2D eigenvalue weighted by Gasteiger charge is -2.30. The summed E-state index contributed by atoms with van der Waals surface area (Å²) in [6.45, 7) is 3.31. The molecule has 0 aromatic carbocycles. The van der Waals surface area contributed by atoms with Crippen molar-refractivity contribution in [1.82, 2.24) is 9.03 Å². The molecule has 5 nitrogen and oxygen atoms in total. The van der Waals surface area contributed by atoms with Crippen LogP contribution in [0.4, 0.5) is 0 Å². The number of nitrogens with zero attached hydrogens (tertiary/aromatic N) is 1. The van der Waals surface area contributed by atoms with Gasteiger partial charge in [0.05, 0.1) is 0 Å². The summed E-state index contributed by atoms with van der Waals surface area (Å²) >= 11 is 1.56. The molecule has 2 rings (SSSR count). The van der Waals surface area contributed by atoms with Gasteiger partial charge < -0.3 is 5.11 Å². The average Bonchev–Trinajstić information content (AvgIpc) is 2.82. The highest BCUT2D eigenvalue weighted by Crippen LogP contribution is 2.19. The number of hydrogen-bond donors (Lipinski definition) is 2. The summed E-state index contributed by atoms with van der Waals surface area (Å²) in [6.07, 6.45) is 1.71. The Balaban J connectivity index is 1.96. The Morgan fingerprint density at radius 3 is 3.00 bits per heavy atom. The third kappa shape index (κ3) is 3.76. The van der Waals surface area contributed by atoms with Crippen molar-refractivity contribution in [3.05, 3.63) is 21.9 Å². The van der Waals surface area contributed by atoms with Crippen LogP contribution in [0.2, 0.25) is 0 Å². The predicted octanol–water partition coefficient (Wildman–Crippen LogP) is 1.10. The number of hydrogen-bond acceptors (Lipinski definition) is 4. The van der Waals surface area contributed by atoms with E-state index >= 15 is 0 Å². The SMILES string of the molecule is Cc1ccsc1CNS(=O)(=O)N1CCCC(CO)C1. The number of rotatable bonds is 5. The monoisotopic (exact) mass is 304 g/mol. The van der Waals surface area contributed by atoms with Gasteiger partial charge in [0.25, 0.3) is 10.2 Å². The van der Waals surface area contributed by atoms with Gasteiger partial charge in [0, 0.05) is 31.1 Å². The molecule has 0 spiro atoms. The second kappa shape index (κ2) is 6.32. The van der Waals surface area contributed by atoms with Gasteiger partial charge >= 0.3 is 0 Å². The summed E-state index contributed by atoms with van der Waals surface area (Å²) in [5.74, 6) is 0.0637. The van der Waals surface area contributed by atoms with E-state index in [9.17, 15) is 8.42 Å². The minimum atomic E-state index is -3.44. The van der Waals surface area contributed by atoms with Crippen LogP contribution in [0.1, 0.15) is 23.3 Å². The second-order valence-electron chi connectivity index (χ2n) is 4.90. The lowest BCUT2D eigenvalue weighted by atomic mass is 10.0. The molecule has 0 saturated carbocycles. The van der Waals surface area contributed by atoms with E-state index in [2.05, 4.69) is 4.72 Å². The molecule has 0 amide bonds. The first-order valence-electron chi connectivity index (χ1n) is 6.41. The van der Waals surface area contributed by atoms with Gasteiger partial charge in [-0.25, -0.2) is 0 Å². The standard InChI is InChI=1S/C12H20N2O3S2/c1-10-4-6-18-12(10)7-13-19(16,17)14-5-2-3-11(8-14)9-15/h4,6,11,13,15H,2-3,5,7-9H2,1H3. The Bertz CT molecular complexity index is 513. The summed E-state index contributed by atoms with van der Waals surface area (Å²) in [6, 6.07) is 1.98. The molecule has 1 atom stereocenters. The lowest BCUT2D eigenvalue weighted by molar-refractivity contribution is 0.164. The highest BCUT2D eigenvalue weighted by Gasteiger charge is 2.28. The van der Waals surface area contributed by atoms with Crippen molar-refractivity contribution in [2.24, 2.45) is 5.92 Å². The van der Waals surface area contributed by atoms with Gasteiger partial charge in [-0.1, -0.05) is 0 Å². The summed E-state index contributed by atoms with van der Waals surface area (Å²) in [5, 5.41) is 11.1. The molecule has 1 saturated heterocycles. The largest absolute Gasteiger partial charge is 0.396 e. The fourth-order valence-electron chi connectivity index (χ4n) is 2.23. The van der Waals surface area contributed by atoms with Crippen LogP contribution in [0.25, 0.3) is 0 Å². The minimum Gasteiger partial charge on any atom is -0.396 e. The molecule has 1 unspecified atom stereocenters. The molecule has 0 bridgehead atoms. The molecule has 7 heteroatoms. The third-order valence-corrected chi connectivity index (χ3v) is 6.01. The molecule has 0 aliphatic carbocycles. The molecular weight excluding hydrogens is 284 g/mol. The van der Waals surface area contributed by atoms with Crippen molar-refractivity contribution in [2.75, 3.05) is 19.7 Å². The van der Waals surface area contributed by atoms with Gasteiger partial charge in [0.1, 0.15) is 0 Å². The Morgan fingerprint density at radius 2 is 2.37 bits per heavy atom. The Morgan fingerprint density at radius 1 is 1.58 bits per heavy atom. The second-order valence-corrected chi connectivity index (χ2v) is 7.66. The van der Waals surface area contributed by atoms with Gasteiger partial charge in [-0.3, -0.25) is 0 Å². The van der Waals surface area contributed by atoms with E-state index in [0.717, 1.165) is 23.3 Å². The first-order valence-corrected chi connectivity index (χ1v) is 8.73. The zero-order valence-corrected chi connectivity index (χ0v) is 12.6. The van der Waals surface area contributed by atoms with Crippen LogP contribution >= 0.6 is 11.3 Å².